The Hall–Kier alpha value is -3.32. The molecule has 1 amide bonds. The van der Waals surface area contributed by atoms with E-state index in [2.05, 4.69) is 10.6 Å². The fraction of sp³-hybridized carbons (Fsp3) is 0.273. The van der Waals surface area contributed by atoms with Crippen LogP contribution >= 0.6 is 0 Å². The molecule has 3 rings (SSSR count). The third-order valence-electron chi connectivity index (χ3n) is 4.56. The number of amides is 1. The molecule has 0 radical (unpaired) electrons. The fourth-order valence-corrected chi connectivity index (χ4v) is 3.14. The highest BCUT2D eigenvalue weighted by atomic mass is 16.5. The Kier molecular flexibility index (Phi) is 6.51. The molecule has 0 saturated heterocycles. The van der Waals surface area contributed by atoms with Gasteiger partial charge in [-0.3, -0.25) is 5.32 Å². The Balaban J connectivity index is 1.82. The second kappa shape index (κ2) is 9.25. The van der Waals surface area contributed by atoms with Crippen LogP contribution in [0.2, 0.25) is 0 Å². The third kappa shape index (κ3) is 4.94. The number of carbonyl (C=O) groups is 1. The first-order valence-corrected chi connectivity index (χ1v) is 9.38. The standard InChI is InChI=1S/C22H24N2O5/c1-4-28-22(26)24-16-9-10-18-15(11-21(25)29-20(18)12-16)13-23-14(2)17-7-5-6-8-19(17)27-3/h5-12,14,23H,4,13H2,1-3H3,(H,24,26)/t14-/m0/s1. The van der Waals surface area contributed by atoms with Crippen molar-refractivity contribution in [3.8, 4) is 5.75 Å². The third-order valence-corrected chi connectivity index (χ3v) is 4.56. The van der Waals surface area contributed by atoms with E-state index < -0.39 is 11.7 Å². The van der Waals surface area contributed by atoms with Gasteiger partial charge < -0.3 is 19.2 Å². The number of hydrogen-bond donors (Lipinski definition) is 2. The normalized spacial score (nSPS) is 11.8. The summed E-state index contributed by atoms with van der Waals surface area (Å²) in [6, 6.07) is 14.5. The molecule has 2 N–H and O–H groups in total. The van der Waals surface area contributed by atoms with Gasteiger partial charge in [-0.1, -0.05) is 18.2 Å². The predicted molar refractivity (Wildman–Crippen MR) is 111 cm³/mol. The van der Waals surface area contributed by atoms with Crippen molar-refractivity contribution in [3.05, 3.63) is 70.1 Å². The molecule has 29 heavy (non-hydrogen) atoms. The number of fused-ring (bicyclic) bond motifs is 1. The lowest BCUT2D eigenvalue weighted by Gasteiger charge is -2.17. The average molecular weight is 396 g/mol. The maximum Gasteiger partial charge on any atom is 0.411 e. The van der Waals surface area contributed by atoms with E-state index in [4.69, 9.17) is 13.9 Å². The average Bonchev–Trinajstić information content (AvgIpc) is 2.71. The van der Waals surface area contributed by atoms with Crippen LogP contribution < -0.4 is 21.0 Å². The lowest BCUT2D eigenvalue weighted by molar-refractivity contribution is 0.168. The van der Waals surface area contributed by atoms with Gasteiger partial charge in [-0.25, -0.2) is 9.59 Å². The Morgan fingerprint density at radius 3 is 2.72 bits per heavy atom. The van der Waals surface area contributed by atoms with Crippen molar-refractivity contribution in [2.24, 2.45) is 0 Å². The van der Waals surface area contributed by atoms with Gasteiger partial charge in [0.1, 0.15) is 11.3 Å². The number of rotatable bonds is 7. The van der Waals surface area contributed by atoms with Crippen LogP contribution in [0, 0.1) is 0 Å². The molecule has 0 aliphatic heterocycles. The Morgan fingerprint density at radius 2 is 1.97 bits per heavy atom. The number of carbonyl (C=O) groups excluding carboxylic acids is 1. The zero-order chi connectivity index (χ0) is 20.8. The first-order valence-electron chi connectivity index (χ1n) is 9.38. The van der Waals surface area contributed by atoms with Crippen molar-refractivity contribution in [1.29, 1.82) is 0 Å². The molecule has 1 heterocycles. The van der Waals surface area contributed by atoms with E-state index in [0.29, 0.717) is 17.8 Å². The van der Waals surface area contributed by atoms with Gasteiger partial charge in [0.15, 0.2) is 0 Å². The van der Waals surface area contributed by atoms with Crippen molar-refractivity contribution >= 4 is 22.7 Å². The van der Waals surface area contributed by atoms with Crippen LogP contribution in [0.25, 0.3) is 11.0 Å². The second-order valence-electron chi connectivity index (χ2n) is 6.49. The van der Waals surface area contributed by atoms with Crippen LogP contribution in [-0.4, -0.2) is 19.8 Å². The topological polar surface area (TPSA) is 89.8 Å². The van der Waals surface area contributed by atoms with Gasteiger partial charge >= 0.3 is 11.7 Å². The molecule has 0 unspecified atom stereocenters. The van der Waals surface area contributed by atoms with Crippen molar-refractivity contribution < 1.29 is 18.7 Å². The molecule has 0 bridgehead atoms. The van der Waals surface area contributed by atoms with Gasteiger partial charge in [-0.15, -0.1) is 0 Å². The summed E-state index contributed by atoms with van der Waals surface area (Å²) in [5.74, 6) is 0.805. The minimum Gasteiger partial charge on any atom is -0.496 e. The van der Waals surface area contributed by atoms with Crippen molar-refractivity contribution in [2.45, 2.75) is 26.4 Å². The van der Waals surface area contributed by atoms with Crippen molar-refractivity contribution in [2.75, 3.05) is 19.0 Å². The van der Waals surface area contributed by atoms with Crippen LogP contribution in [0.15, 0.2) is 57.7 Å². The van der Waals surface area contributed by atoms with Crippen LogP contribution in [0.4, 0.5) is 10.5 Å². The van der Waals surface area contributed by atoms with Gasteiger partial charge in [-0.05, 0) is 37.6 Å². The second-order valence-corrected chi connectivity index (χ2v) is 6.49. The van der Waals surface area contributed by atoms with E-state index >= 15 is 0 Å². The maximum atomic E-state index is 12.0. The van der Waals surface area contributed by atoms with Gasteiger partial charge in [0.2, 0.25) is 0 Å². The summed E-state index contributed by atoms with van der Waals surface area (Å²) in [6.45, 7) is 4.50. The summed E-state index contributed by atoms with van der Waals surface area (Å²) in [7, 11) is 1.64. The summed E-state index contributed by atoms with van der Waals surface area (Å²) in [5.41, 5.74) is 2.27. The molecule has 0 spiro atoms. The minimum absolute atomic E-state index is 0.0122. The van der Waals surface area contributed by atoms with E-state index in [1.54, 1.807) is 26.2 Å². The molecule has 152 valence electrons. The molecular formula is C22H24N2O5. The largest absolute Gasteiger partial charge is 0.496 e. The van der Waals surface area contributed by atoms with E-state index in [-0.39, 0.29) is 12.6 Å². The van der Waals surface area contributed by atoms with E-state index in [0.717, 1.165) is 22.3 Å². The number of para-hydroxylation sites is 1. The number of hydrogen-bond acceptors (Lipinski definition) is 6. The first-order chi connectivity index (χ1) is 14.0. The number of benzene rings is 2. The highest BCUT2D eigenvalue weighted by Gasteiger charge is 2.13. The predicted octanol–water partition coefficient (Wildman–Crippen LogP) is 4.22. The molecule has 2 aromatic carbocycles. The number of anilines is 1. The zero-order valence-electron chi connectivity index (χ0n) is 16.7. The summed E-state index contributed by atoms with van der Waals surface area (Å²) in [4.78, 5) is 23.6. The van der Waals surface area contributed by atoms with Crippen LogP contribution in [0.5, 0.6) is 5.75 Å². The number of ether oxygens (including phenoxy) is 2. The maximum absolute atomic E-state index is 12.0. The van der Waals surface area contributed by atoms with Crippen LogP contribution in [0.3, 0.4) is 0 Å². The molecule has 0 aliphatic rings. The molecule has 0 saturated carbocycles. The van der Waals surface area contributed by atoms with Crippen LogP contribution in [0.1, 0.15) is 31.0 Å². The quantitative estimate of drug-likeness (QED) is 0.581. The monoisotopic (exact) mass is 396 g/mol. The summed E-state index contributed by atoms with van der Waals surface area (Å²) in [5, 5.41) is 6.82. The summed E-state index contributed by atoms with van der Waals surface area (Å²) in [6.07, 6.45) is -0.558. The Morgan fingerprint density at radius 1 is 1.17 bits per heavy atom. The van der Waals surface area contributed by atoms with Crippen molar-refractivity contribution in [3.63, 3.8) is 0 Å². The van der Waals surface area contributed by atoms with Crippen molar-refractivity contribution in [1.82, 2.24) is 5.32 Å². The van der Waals surface area contributed by atoms with E-state index in [1.165, 1.54) is 6.07 Å². The zero-order valence-corrected chi connectivity index (χ0v) is 16.7. The molecular weight excluding hydrogens is 372 g/mol. The van der Waals surface area contributed by atoms with Gasteiger partial charge in [0.25, 0.3) is 0 Å². The van der Waals surface area contributed by atoms with Gasteiger partial charge in [-0.2, -0.15) is 0 Å². The molecule has 7 heteroatoms. The molecule has 1 atom stereocenters. The molecule has 0 aliphatic carbocycles. The Labute approximate surface area is 168 Å². The molecule has 1 aromatic heterocycles. The highest BCUT2D eigenvalue weighted by molar-refractivity contribution is 5.89. The highest BCUT2D eigenvalue weighted by Crippen LogP contribution is 2.26. The van der Waals surface area contributed by atoms with Gasteiger partial charge in [0, 0.05) is 41.4 Å². The molecule has 7 nitrogen and oxygen atoms in total. The fourth-order valence-electron chi connectivity index (χ4n) is 3.14. The molecule has 3 aromatic rings. The minimum atomic E-state index is -0.558. The SMILES string of the molecule is CCOC(=O)Nc1ccc2c(CN[C@@H](C)c3ccccc3OC)cc(=O)oc2c1. The van der Waals surface area contributed by atoms with Gasteiger partial charge in [0.05, 0.1) is 13.7 Å². The molecule has 0 fully saturated rings. The Bertz CT molecular complexity index is 1060. The lowest BCUT2D eigenvalue weighted by atomic mass is 10.1. The summed E-state index contributed by atoms with van der Waals surface area (Å²) < 4.78 is 15.6. The number of nitrogens with one attached hydrogen (secondary N) is 2. The lowest BCUT2D eigenvalue weighted by Crippen LogP contribution is -2.19. The number of methoxy groups -OCH3 is 1. The first kappa shape index (κ1) is 20.4. The van der Waals surface area contributed by atoms with E-state index in [9.17, 15) is 9.59 Å². The van der Waals surface area contributed by atoms with E-state index in [1.807, 2.05) is 37.3 Å². The summed E-state index contributed by atoms with van der Waals surface area (Å²) >= 11 is 0. The van der Waals surface area contributed by atoms with Crippen LogP contribution in [-0.2, 0) is 11.3 Å². The smallest absolute Gasteiger partial charge is 0.411 e.